The number of aliphatic hydroxyl groups is 1. The molecule has 0 aromatic carbocycles. The number of rotatable bonds is 5. The van der Waals surface area contributed by atoms with Crippen molar-refractivity contribution in [1.82, 2.24) is 9.88 Å². The summed E-state index contributed by atoms with van der Waals surface area (Å²) in [5.74, 6) is -0.0656. The van der Waals surface area contributed by atoms with Crippen LogP contribution in [0.25, 0.3) is 0 Å². The van der Waals surface area contributed by atoms with Crippen LogP contribution in [0.1, 0.15) is 30.8 Å². The van der Waals surface area contributed by atoms with Crippen molar-refractivity contribution in [3.05, 3.63) is 34.2 Å². The highest BCUT2D eigenvalue weighted by Gasteiger charge is 2.18. The summed E-state index contributed by atoms with van der Waals surface area (Å²) >= 11 is 0. The number of carbonyl (C=O) groups is 1. The van der Waals surface area contributed by atoms with Gasteiger partial charge in [0.2, 0.25) is 0 Å². The molecule has 0 aliphatic rings. The molecule has 0 aliphatic carbocycles. The maximum atomic E-state index is 12.1. The molecule has 100 valence electrons. The molecule has 1 aromatic heterocycles. The fraction of sp³-hybridized carbons (Fsp3) is 0.538. The van der Waals surface area contributed by atoms with E-state index >= 15 is 0 Å². The van der Waals surface area contributed by atoms with Gasteiger partial charge >= 0.3 is 0 Å². The molecule has 0 saturated carbocycles. The maximum absolute atomic E-state index is 12.1. The van der Waals surface area contributed by atoms with Crippen LogP contribution in [-0.2, 0) is 7.05 Å². The molecule has 0 spiro atoms. The zero-order valence-electron chi connectivity index (χ0n) is 11.0. The van der Waals surface area contributed by atoms with E-state index in [2.05, 4.69) is 5.32 Å². The Morgan fingerprint density at radius 1 is 1.44 bits per heavy atom. The number of carbonyl (C=O) groups excluding carboxylic acids is 1. The van der Waals surface area contributed by atoms with Crippen molar-refractivity contribution in [2.45, 2.75) is 26.3 Å². The summed E-state index contributed by atoms with van der Waals surface area (Å²) in [6, 6.07) is 4.48. The molecule has 0 radical (unpaired) electrons. The Morgan fingerprint density at radius 2 is 2.11 bits per heavy atom. The third kappa shape index (κ3) is 3.43. The summed E-state index contributed by atoms with van der Waals surface area (Å²) in [6.45, 7) is 3.98. The molecule has 1 atom stereocenters. The number of aromatic nitrogens is 1. The Kier molecular flexibility index (Phi) is 5.09. The molecule has 1 unspecified atom stereocenters. The van der Waals surface area contributed by atoms with E-state index in [1.807, 2.05) is 13.8 Å². The summed E-state index contributed by atoms with van der Waals surface area (Å²) in [4.78, 5) is 23.5. The second kappa shape index (κ2) is 6.35. The maximum Gasteiger partial charge on any atom is 0.268 e. The van der Waals surface area contributed by atoms with E-state index in [9.17, 15) is 9.59 Å². The highest BCUT2D eigenvalue weighted by Crippen LogP contribution is 2.07. The summed E-state index contributed by atoms with van der Waals surface area (Å²) in [6.07, 6.45) is 0.504. The molecule has 0 bridgehead atoms. The Bertz CT molecular complexity index is 466. The average molecular weight is 252 g/mol. The fourth-order valence-electron chi connectivity index (χ4n) is 1.75. The Hall–Kier alpha value is -1.62. The first-order valence-electron chi connectivity index (χ1n) is 6.05. The lowest BCUT2D eigenvalue weighted by Crippen LogP contribution is -2.41. The molecule has 1 rings (SSSR count). The van der Waals surface area contributed by atoms with Crippen molar-refractivity contribution in [1.29, 1.82) is 0 Å². The van der Waals surface area contributed by atoms with Crippen LogP contribution in [0.2, 0.25) is 0 Å². The monoisotopic (exact) mass is 252 g/mol. The Balaban J connectivity index is 2.87. The van der Waals surface area contributed by atoms with Crippen molar-refractivity contribution in [2.24, 2.45) is 13.0 Å². The molecule has 2 N–H and O–H groups in total. The van der Waals surface area contributed by atoms with Crippen molar-refractivity contribution in [3.63, 3.8) is 0 Å². The zero-order valence-corrected chi connectivity index (χ0v) is 11.0. The normalized spacial score (nSPS) is 12.5. The number of amides is 1. The third-order valence-electron chi connectivity index (χ3n) is 2.98. The highest BCUT2D eigenvalue weighted by molar-refractivity contribution is 5.92. The van der Waals surface area contributed by atoms with E-state index in [1.54, 1.807) is 19.2 Å². The van der Waals surface area contributed by atoms with Crippen molar-refractivity contribution in [3.8, 4) is 0 Å². The molecular weight excluding hydrogens is 232 g/mol. The van der Waals surface area contributed by atoms with Crippen LogP contribution >= 0.6 is 0 Å². The zero-order chi connectivity index (χ0) is 13.7. The summed E-state index contributed by atoms with van der Waals surface area (Å²) < 4.78 is 1.31. The highest BCUT2D eigenvalue weighted by atomic mass is 16.3. The van der Waals surface area contributed by atoms with Gasteiger partial charge in [0.1, 0.15) is 5.69 Å². The first-order valence-corrected chi connectivity index (χ1v) is 6.05. The molecule has 0 fully saturated rings. The second-order valence-electron chi connectivity index (χ2n) is 4.64. The van der Waals surface area contributed by atoms with Gasteiger partial charge in [-0.25, -0.2) is 0 Å². The molecule has 5 heteroatoms. The lowest BCUT2D eigenvalue weighted by molar-refractivity contribution is 0.0907. The number of pyridine rings is 1. The van der Waals surface area contributed by atoms with Crippen LogP contribution in [0.5, 0.6) is 0 Å². The molecule has 1 aromatic rings. The van der Waals surface area contributed by atoms with Crippen molar-refractivity contribution in [2.75, 3.05) is 6.61 Å². The van der Waals surface area contributed by atoms with Gasteiger partial charge in [-0.2, -0.15) is 0 Å². The first-order chi connectivity index (χ1) is 8.47. The molecule has 1 amide bonds. The molecule has 0 saturated heterocycles. The summed E-state index contributed by atoms with van der Waals surface area (Å²) in [7, 11) is 1.56. The number of hydrogen-bond acceptors (Lipinski definition) is 3. The van der Waals surface area contributed by atoms with Crippen LogP contribution in [0.4, 0.5) is 0 Å². The molecule has 18 heavy (non-hydrogen) atoms. The minimum absolute atomic E-state index is 0.0246. The van der Waals surface area contributed by atoms with Crippen LogP contribution in [0.3, 0.4) is 0 Å². The van der Waals surface area contributed by atoms with Crippen LogP contribution in [-0.4, -0.2) is 28.2 Å². The SMILES string of the molecule is CC(C)C(CCO)NC(=O)c1cccc(=O)n1C. The summed E-state index contributed by atoms with van der Waals surface area (Å²) in [5, 5.41) is 11.8. The Morgan fingerprint density at radius 3 is 2.67 bits per heavy atom. The lowest BCUT2D eigenvalue weighted by Gasteiger charge is -2.22. The van der Waals surface area contributed by atoms with Crippen molar-refractivity contribution < 1.29 is 9.90 Å². The van der Waals surface area contributed by atoms with Gasteiger partial charge in [0.05, 0.1) is 0 Å². The second-order valence-corrected chi connectivity index (χ2v) is 4.64. The van der Waals surface area contributed by atoms with E-state index in [1.165, 1.54) is 10.6 Å². The van der Waals surface area contributed by atoms with E-state index in [4.69, 9.17) is 5.11 Å². The van der Waals surface area contributed by atoms with Gasteiger partial charge in [0, 0.05) is 25.8 Å². The van der Waals surface area contributed by atoms with Gasteiger partial charge in [-0.3, -0.25) is 9.59 Å². The van der Waals surface area contributed by atoms with E-state index in [0.29, 0.717) is 12.1 Å². The van der Waals surface area contributed by atoms with E-state index in [-0.39, 0.29) is 30.0 Å². The third-order valence-corrected chi connectivity index (χ3v) is 2.98. The molecule has 1 heterocycles. The van der Waals surface area contributed by atoms with E-state index in [0.717, 1.165) is 0 Å². The number of nitrogens with one attached hydrogen (secondary N) is 1. The number of nitrogens with zero attached hydrogens (tertiary/aromatic N) is 1. The largest absolute Gasteiger partial charge is 0.396 e. The van der Waals surface area contributed by atoms with Crippen LogP contribution in [0.15, 0.2) is 23.0 Å². The minimum atomic E-state index is -0.289. The topological polar surface area (TPSA) is 71.3 Å². The summed E-state index contributed by atoms with van der Waals surface area (Å²) in [5.41, 5.74) is 0.108. The van der Waals surface area contributed by atoms with Crippen LogP contribution in [0, 0.1) is 5.92 Å². The van der Waals surface area contributed by atoms with Crippen LogP contribution < -0.4 is 10.9 Å². The smallest absolute Gasteiger partial charge is 0.268 e. The van der Waals surface area contributed by atoms with Gasteiger partial charge in [-0.1, -0.05) is 19.9 Å². The van der Waals surface area contributed by atoms with Gasteiger partial charge in [0.25, 0.3) is 11.5 Å². The van der Waals surface area contributed by atoms with Gasteiger partial charge < -0.3 is 15.0 Å². The van der Waals surface area contributed by atoms with Gasteiger partial charge in [-0.05, 0) is 18.4 Å². The number of hydrogen-bond donors (Lipinski definition) is 2. The lowest BCUT2D eigenvalue weighted by atomic mass is 10.0. The predicted molar refractivity (Wildman–Crippen MR) is 69.5 cm³/mol. The standard InChI is InChI=1S/C13H20N2O3/c1-9(2)10(7-8-16)14-13(18)11-5-4-6-12(17)15(11)3/h4-6,9-10,16H,7-8H2,1-3H3,(H,14,18). The molecule has 0 aliphatic heterocycles. The minimum Gasteiger partial charge on any atom is -0.396 e. The van der Waals surface area contributed by atoms with Crippen molar-refractivity contribution >= 4 is 5.91 Å². The molecule has 5 nitrogen and oxygen atoms in total. The number of aliphatic hydroxyl groups excluding tert-OH is 1. The van der Waals surface area contributed by atoms with Gasteiger partial charge in [-0.15, -0.1) is 0 Å². The predicted octanol–water partition coefficient (Wildman–Crippen LogP) is 0.522. The quantitative estimate of drug-likeness (QED) is 0.802. The average Bonchev–Trinajstić information content (AvgIpc) is 2.31. The molecular formula is C13H20N2O3. The van der Waals surface area contributed by atoms with E-state index < -0.39 is 0 Å². The van der Waals surface area contributed by atoms with Gasteiger partial charge in [0.15, 0.2) is 0 Å². The Labute approximate surface area is 106 Å². The fourth-order valence-corrected chi connectivity index (χ4v) is 1.75. The first kappa shape index (κ1) is 14.4.